The summed E-state index contributed by atoms with van der Waals surface area (Å²) in [4.78, 5) is 12.5. The molecule has 1 N–H and O–H groups in total. The maximum absolute atomic E-state index is 12.5. The fraction of sp³-hybridized carbons (Fsp3) is 0.118. The van der Waals surface area contributed by atoms with E-state index in [1.807, 2.05) is 24.3 Å². The maximum Gasteiger partial charge on any atom is 0.261 e. The van der Waals surface area contributed by atoms with Crippen molar-refractivity contribution in [1.29, 1.82) is 0 Å². The lowest BCUT2D eigenvalue weighted by atomic mass is 10.2. The topological polar surface area (TPSA) is 73.3 Å². The van der Waals surface area contributed by atoms with Crippen molar-refractivity contribution >= 4 is 38.3 Å². The van der Waals surface area contributed by atoms with Crippen LogP contribution in [-0.4, -0.2) is 30.3 Å². The second-order valence-electron chi connectivity index (χ2n) is 4.94. The molecule has 0 spiro atoms. The van der Waals surface area contributed by atoms with Gasteiger partial charge in [0.05, 0.1) is 19.8 Å². The van der Waals surface area contributed by atoms with Crippen molar-refractivity contribution in [3.63, 3.8) is 0 Å². The Hall–Kier alpha value is -2.45. The molecule has 0 unspecified atom stereocenters. The SMILES string of the molecule is COc1ccc(C(=O)Nc2nnc(-c3ccc(Br)cc3)s2)c(OC)c1. The number of benzene rings is 2. The van der Waals surface area contributed by atoms with Crippen molar-refractivity contribution in [3.05, 3.63) is 52.5 Å². The number of carbonyl (C=O) groups excluding carboxylic acids is 1. The molecule has 8 heteroatoms. The lowest BCUT2D eigenvalue weighted by Crippen LogP contribution is -2.13. The lowest BCUT2D eigenvalue weighted by molar-refractivity contribution is 0.102. The summed E-state index contributed by atoms with van der Waals surface area (Å²) in [6.45, 7) is 0. The first-order valence-corrected chi connectivity index (χ1v) is 8.84. The van der Waals surface area contributed by atoms with Crippen molar-refractivity contribution in [2.45, 2.75) is 0 Å². The second kappa shape index (κ2) is 7.62. The summed E-state index contributed by atoms with van der Waals surface area (Å²) in [6, 6.07) is 12.7. The van der Waals surface area contributed by atoms with Crippen LogP contribution < -0.4 is 14.8 Å². The molecule has 2 aromatic carbocycles. The zero-order valence-electron chi connectivity index (χ0n) is 13.4. The van der Waals surface area contributed by atoms with Gasteiger partial charge in [0.1, 0.15) is 16.5 Å². The first-order chi connectivity index (χ1) is 12.1. The predicted molar refractivity (Wildman–Crippen MR) is 101 cm³/mol. The number of hydrogen-bond donors (Lipinski definition) is 1. The van der Waals surface area contributed by atoms with E-state index >= 15 is 0 Å². The van der Waals surface area contributed by atoms with E-state index in [0.29, 0.717) is 22.2 Å². The van der Waals surface area contributed by atoms with Gasteiger partial charge in [-0.1, -0.05) is 39.4 Å². The largest absolute Gasteiger partial charge is 0.497 e. The lowest BCUT2D eigenvalue weighted by Gasteiger charge is -2.09. The molecule has 0 aliphatic heterocycles. The molecule has 0 aliphatic rings. The molecular formula is C17H14BrN3O3S. The first kappa shape index (κ1) is 17.4. The summed E-state index contributed by atoms with van der Waals surface area (Å²) in [5.41, 5.74) is 1.33. The Morgan fingerprint density at radius 1 is 1.08 bits per heavy atom. The molecule has 0 radical (unpaired) electrons. The Kier molecular flexibility index (Phi) is 5.30. The predicted octanol–water partition coefficient (Wildman–Crippen LogP) is 4.24. The zero-order chi connectivity index (χ0) is 17.8. The van der Waals surface area contributed by atoms with Gasteiger partial charge in [-0.05, 0) is 24.3 Å². The van der Waals surface area contributed by atoms with Crippen molar-refractivity contribution in [1.82, 2.24) is 10.2 Å². The number of hydrogen-bond acceptors (Lipinski definition) is 6. The van der Waals surface area contributed by atoms with Crippen LogP contribution in [0.3, 0.4) is 0 Å². The van der Waals surface area contributed by atoms with E-state index in [9.17, 15) is 4.79 Å². The number of aromatic nitrogens is 2. The molecule has 0 saturated heterocycles. The van der Waals surface area contributed by atoms with Crippen LogP contribution >= 0.6 is 27.3 Å². The molecule has 0 aliphatic carbocycles. The van der Waals surface area contributed by atoms with Crippen LogP contribution in [0.5, 0.6) is 11.5 Å². The summed E-state index contributed by atoms with van der Waals surface area (Å²) in [6.07, 6.45) is 0. The standard InChI is InChI=1S/C17H14BrN3O3S/c1-23-12-7-8-13(14(9-12)24-2)15(22)19-17-21-20-16(25-17)10-3-5-11(18)6-4-10/h3-9H,1-2H3,(H,19,21,22). The van der Waals surface area contributed by atoms with E-state index in [-0.39, 0.29) is 5.91 Å². The zero-order valence-corrected chi connectivity index (χ0v) is 15.8. The summed E-state index contributed by atoms with van der Waals surface area (Å²) < 4.78 is 11.4. The Labute approximate surface area is 156 Å². The van der Waals surface area contributed by atoms with E-state index < -0.39 is 0 Å². The van der Waals surface area contributed by atoms with Gasteiger partial charge in [0, 0.05) is 16.1 Å². The number of nitrogens with zero attached hydrogens (tertiary/aromatic N) is 2. The molecule has 6 nitrogen and oxygen atoms in total. The van der Waals surface area contributed by atoms with Gasteiger partial charge in [-0.3, -0.25) is 10.1 Å². The minimum Gasteiger partial charge on any atom is -0.497 e. The number of amides is 1. The molecule has 25 heavy (non-hydrogen) atoms. The normalized spacial score (nSPS) is 10.4. The van der Waals surface area contributed by atoms with Crippen molar-refractivity contribution in [2.75, 3.05) is 19.5 Å². The fourth-order valence-electron chi connectivity index (χ4n) is 2.13. The quantitative estimate of drug-likeness (QED) is 0.669. The molecular weight excluding hydrogens is 406 g/mol. The number of nitrogens with one attached hydrogen (secondary N) is 1. The van der Waals surface area contributed by atoms with Crippen LogP contribution in [0.4, 0.5) is 5.13 Å². The third kappa shape index (κ3) is 3.97. The summed E-state index contributed by atoms with van der Waals surface area (Å²) in [5, 5.41) is 12.0. The monoisotopic (exact) mass is 419 g/mol. The molecule has 0 fully saturated rings. The average molecular weight is 420 g/mol. The van der Waals surface area contributed by atoms with Crippen molar-refractivity contribution in [2.24, 2.45) is 0 Å². The second-order valence-corrected chi connectivity index (χ2v) is 6.83. The van der Waals surface area contributed by atoms with Gasteiger partial charge in [0.2, 0.25) is 5.13 Å². The van der Waals surface area contributed by atoms with Gasteiger partial charge in [0.25, 0.3) is 5.91 Å². The van der Waals surface area contributed by atoms with Crippen molar-refractivity contribution in [3.8, 4) is 22.1 Å². The van der Waals surface area contributed by atoms with Gasteiger partial charge in [-0.2, -0.15) is 0 Å². The van der Waals surface area contributed by atoms with Crippen LogP contribution in [-0.2, 0) is 0 Å². The minimum absolute atomic E-state index is 0.321. The van der Waals surface area contributed by atoms with Crippen LogP contribution in [0, 0.1) is 0 Å². The number of anilines is 1. The molecule has 0 saturated carbocycles. The third-order valence-corrected chi connectivity index (χ3v) is 4.81. The Bertz CT molecular complexity index is 896. The highest BCUT2D eigenvalue weighted by atomic mass is 79.9. The van der Waals surface area contributed by atoms with E-state index in [2.05, 4.69) is 31.4 Å². The number of halogens is 1. The molecule has 0 bridgehead atoms. The summed E-state index contributed by atoms with van der Waals surface area (Å²) in [5.74, 6) is 0.717. The highest BCUT2D eigenvalue weighted by molar-refractivity contribution is 9.10. The van der Waals surface area contributed by atoms with Crippen LogP contribution in [0.25, 0.3) is 10.6 Å². The summed E-state index contributed by atoms with van der Waals surface area (Å²) >= 11 is 4.70. The van der Waals surface area contributed by atoms with E-state index in [1.165, 1.54) is 18.4 Å². The van der Waals surface area contributed by atoms with Gasteiger partial charge < -0.3 is 9.47 Å². The molecule has 3 rings (SSSR count). The average Bonchev–Trinajstić information content (AvgIpc) is 3.10. The molecule has 1 aromatic heterocycles. The van der Waals surface area contributed by atoms with Crippen LogP contribution in [0.1, 0.15) is 10.4 Å². The third-order valence-electron chi connectivity index (χ3n) is 3.39. The van der Waals surface area contributed by atoms with Crippen molar-refractivity contribution < 1.29 is 14.3 Å². The van der Waals surface area contributed by atoms with Gasteiger partial charge >= 0.3 is 0 Å². The molecule has 1 heterocycles. The van der Waals surface area contributed by atoms with Crippen LogP contribution in [0.15, 0.2) is 46.9 Å². The number of ether oxygens (including phenoxy) is 2. The number of rotatable bonds is 5. The minimum atomic E-state index is -0.321. The Balaban J connectivity index is 1.79. The fourth-order valence-corrected chi connectivity index (χ4v) is 3.14. The van der Waals surface area contributed by atoms with E-state index in [1.54, 1.807) is 25.3 Å². The molecule has 0 atom stereocenters. The molecule has 128 valence electrons. The molecule has 3 aromatic rings. The summed E-state index contributed by atoms with van der Waals surface area (Å²) in [7, 11) is 3.06. The van der Waals surface area contributed by atoms with Crippen LogP contribution in [0.2, 0.25) is 0 Å². The highest BCUT2D eigenvalue weighted by Gasteiger charge is 2.16. The van der Waals surface area contributed by atoms with Gasteiger partial charge in [0.15, 0.2) is 0 Å². The van der Waals surface area contributed by atoms with Gasteiger partial charge in [-0.25, -0.2) is 0 Å². The Morgan fingerprint density at radius 2 is 1.84 bits per heavy atom. The molecule has 1 amide bonds. The maximum atomic E-state index is 12.5. The number of carbonyl (C=O) groups is 1. The Morgan fingerprint density at radius 3 is 2.52 bits per heavy atom. The van der Waals surface area contributed by atoms with E-state index in [4.69, 9.17) is 9.47 Å². The van der Waals surface area contributed by atoms with Gasteiger partial charge in [-0.15, -0.1) is 10.2 Å². The first-order valence-electron chi connectivity index (χ1n) is 7.23. The highest BCUT2D eigenvalue weighted by Crippen LogP contribution is 2.29. The number of methoxy groups -OCH3 is 2. The van der Waals surface area contributed by atoms with E-state index in [0.717, 1.165) is 15.0 Å². The smallest absolute Gasteiger partial charge is 0.261 e.